The van der Waals surface area contributed by atoms with Crippen LogP contribution in [0.2, 0.25) is 0 Å². The summed E-state index contributed by atoms with van der Waals surface area (Å²) in [6.45, 7) is 4.29. The van der Waals surface area contributed by atoms with Crippen LogP contribution in [0.5, 0.6) is 0 Å². The molecule has 1 saturated carbocycles. The fourth-order valence-corrected chi connectivity index (χ4v) is 3.16. The molecule has 1 aliphatic carbocycles. The van der Waals surface area contributed by atoms with E-state index in [-0.39, 0.29) is 5.82 Å². The summed E-state index contributed by atoms with van der Waals surface area (Å²) >= 11 is 3.22. The van der Waals surface area contributed by atoms with Crippen LogP contribution >= 0.6 is 15.9 Å². The summed E-state index contributed by atoms with van der Waals surface area (Å²) in [5.41, 5.74) is 2.02. The van der Waals surface area contributed by atoms with Crippen LogP contribution in [0.15, 0.2) is 16.6 Å². The van der Waals surface area contributed by atoms with Gasteiger partial charge in [-0.1, -0.05) is 0 Å². The van der Waals surface area contributed by atoms with Gasteiger partial charge in [-0.2, -0.15) is 0 Å². The highest BCUT2D eigenvalue weighted by atomic mass is 79.9. The number of benzene rings is 1. The second-order valence-electron chi connectivity index (χ2n) is 5.44. The Morgan fingerprint density at radius 2 is 2.11 bits per heavy atom. The monoisotopic (exact) mass is 312 g/mol. The van der Waals surface area contributed by atoms with Gasteiger partial charge in [-0.3, -0.25) is 4.90 Å². The van der Waals surface area contributed by atoms with Crippen molar-refractivity contribution in [2.45, 2.75) is 38.3 Å². The second kappa shape index (κ2) is 4.82. The molecule has 1 saturated heterocycles. The minimum atomic E-state index is -0.194. The van der Waals surface area contributed by atoms with Gasteiger partial charge >= 0.3 is 0 Å². The number of aryl methyl sites for hydroxylation is 1. The maximum atomic E-state index is 13.6. The number of rotatable bonds is 3. The molecular weight excluding hydrogens is 295 g/mol. The maximum absolute atomic E-state index is 13.6. The van der Waals surface area contributed by atoms with Crippen molar-refractivity contribution in [2.75, 3.05) is 18.4 Å². The zero-order chi connectivity index (χ0) is 12.7. The molecule has 0 radical (unpaired) electrons. The van der Waals surface area contributed by atoms with Crippen LogP contribution in [0.3, 0.4) is 0 Å². The van der Waals surface area contributed by atoms with E-state index in [0.717, 1.165) is 30.3 Å². The molecule has 1 aromatic carbocycles. The fourth-order valence-electron chi connectivity index (χ4n) is 2.70. The van der Waals surface area contributed by atoms with Gasteiger partial charge in [0.15, 0.2) is 0 Å². The molecular formula is C14H18BrFN2. The van der Waals surface area contributed by atoms with Crippen molar-refractivity contribution in [3.8, 4) is 0 Å². The van der Waals surface area contributed by atoms with Crippen molar-refractivity contribution >= 4 is 21.6 Å². The number of anilines is 1. The Labute approximate surface area is 116 Å². The van der Waals surface area contributed by atoms with E-state index in [4.69, 9.17) is 0 Å². The molecule has 0 bridgehead atoms. The van der Waals surface area contributed by atoms with E-state index >= 15 is 0 Å². The van der Waals surface area contributed by atoms with Gasteiger partial charge in [0.1, 0.15) is 5.82 Å². The summed E-state index contributed by atoms with van der Waals surface area (Å²) in [6.07, 6.45) is 3.88. The predicted molar refractivity (Wildman–Crippen MR) is 75.5 cm³/mol. The summed E-state index contributed by atoms with van der Waals surface area (Å²) in [7, 11) is 0. The molecule has 1 aromatic rings. The highest BCUT2D eigenvalue weighted by molar-refractivity contribution is 9.10. The molecule has 0 amide bonds. The molecule has 2 aliphatic rings. The number of halogens is 2. The van der Waals surface area contributed by atoms with Gasteiger partial charge in [-0.05, 0) is 59.8 Å². The van der Waals surface area contributed by atoms with Crippen LogP contribution in [0.1, 0.15) is 24.8 Å². The molecule has 2 fully saturated rings. The zero-order valence-electron chi connectivity index (χ0n) is 10.5. The van der Waals surface area contributed by atoms with E-state index in [0.29, 0.717) is 10.5 Å². The number of nitrogens with zero attached hydrogens (tertiary/aromatic N) is 1. The second-order valence-corrected chi connectivity index (χ2v) is 6.29. The van der Waals surface area contributed by atoms with Gasteiger partial charge in [0.25, 0.3) is 0 Å². The van der Waals surface area contributed by atoms with Crippen LogP contribution in [0, 0.1) is 12.7 Å². The van der Waals surface area contributed by atoms with E-state index in [1.54, 1.807) is 6.07 Å². The third kappa shape index (κ3) is 2.54. The number of nitrogens with one attached hydrogen (secondary N) is 1. The van der Waals surface area contributed by atoms with E-state index in [1.807, 2.05) is 13.0 Å². The van der Waals surface area contributed by atoms with Gasteiger partial charge in [0, 0.05) is 30.9 Å². The maximum Gasteiger partial charge on any atom is 0.139 e. The van der Waals surface area contributed by atoms with Crippen LogP contribution in [-0.2, 0) is 0 Å². The van der Waals surface area contributed by atoms with Crippen molar-refractivity contribution in [3.63, 3.8) is 0 Å². The topological polar surface area (TPSA) is 15.3 Å². The molecule has 0 aromatic heterocycles. The summed E-state index contributed by atoms with van der Waals surface area (Å²) in [6, 6.07) is 4.73. The number of hydrogen-bond acceptors (Lipinski definition) is 2. The zero-order valence-corrected chi connectivity index (χ0v) is 12.1. The van der Waals surface area contributed by atoms with E-state index in [1.165, 1.54) is 19.4 Å². The Morgan fingerprint density at radius 3 is 2.83 bits per heavy atom. The van der Waals surface area contributed by atoms with Crippen LogP contribution < -0.4 is 5.32 Å². The van der Waals surface area contributed by atoms with Gasteiger partial charge in [0.2, 0.25) is 0 Å². The smallest absolute Gasteiger partial charge is 0.139 e. The van der Waals surface area contributed by atoms with E-state index in [9.17, 15) is 4.39 Å². The molecule has 1 N–H and O–H groups in total. The SMILES string of the molecule is Cc1cc(Br)c(F)cc1NC1CCN(C2CC2)C1. The number of hydrogen-bond donors (Lipinski definition) is 1. The predicted octanol–water partition coefficient (Wildman–Crippen LogP) is 3.55. The van der Waals surface area contributed by atoms with E-state index < -0.39 is 0 Å². The highest BCUT2D eigenvalue weighted by Gasteiger charge is 2.34. The average molecular weight is 313 g/mol. The lowest BCUT2D eigenvalue weighted by molar-refractivity contribution is 0.326. The molecule has 98 valence electrons. The average Bonchev–Trinajstić information content (AvgIpc) is 3.07. The van der Waals surface area contributed by atoms with Crippen LogP contribution in [0.25, 0.3) is 0 Å². The van der Waals surface area contributed by atoms with Gasteiger partial charge < -0.3 is 5.32 Å². The molecule has 18 heavy (non-hydrogen) atoms. The fraction of sp³-hybridized carbons (Fsp3) is 0.571. The van der Waals surface area contributed by atoms with Gasteiger partial charge in [-0.15, -0.1) is 0 Å². The van der Waals surface area contributed by atoms with Crippen molar-refractivity contribution in [3.05, 3.63) is 28.0 Å². The quantitative estimate of drug-likeness (QED) is 0.918. The van der Waals surface area contributed by atoms with Crippen molar-refractivity contribution in [1.29, 1.82) is 0 Å². The Bertz CT molecular complexity index is 459. The molecule has 1 aliphatic heterocycles. The minimum Gasteiger partial charge on any atom is -0.381 e. The van der Waals surface area contributed by atoms with Crippen LogP contribution in [-0.4, -0.2) is 30.1 Å². The van der Waals surface area contributed by atoms with Crippen molar-refractivity contribution in [1.82, 2.24) is 4.90 Å². The Hall–Kier alpha value is -0.610. The third-order valence-electron chi connectivity index (χ3n) is 3.91. The Balaban J connectivity index is 1.67. The normalized spacial score (nSPS) is 24.5. The lowest BCUT2D eigenvalue weighted by atomic mass is 10.1. The first-order valence-corrected chi connectivity index (χ1v) is 7.39. The molecule has 0 spiro atoms. The molecule has 1 atom stereocenters. The molecule has 3 rings (SSSR count). The number of likely N-dealkylation sites (tertiary alicyclic amines) is 1. The molecule has 2 nitrogen and oxygen atoms in total. The standard InChI is InChI=1S/C14H18BrFN2/c1-9-6-12(15)13(16)7-14(9)17-10-4-5-18(8-10)11-2-3-11/h6-7,10-11,17H,2-5,8H2,1H3. The first-order valence-electron chi connectivity index (χ1n) is 6.59. The first kappa shape index (κ1) is 12.4. The summed E-state index contributed by atoms with van der Waals surface area (Å²) in [4.78, 5) is 2.56. The molecule has 1 unspecified atom stereocenters. The van der Waals surface area contributed by atoms with Gasteiger partial charge in [-0.25, -0.2) is 4.39 Å². The third-order valence-corrected chi connectivity index (χ3v) is 4.52. The Morgan fingerprint density at radius 1 is 1.33 bits per heavy atom. The summed E-state index contributed by atoms with van der Waals surface area (Å²) < 4.78 is 14.1. The van der Waals surface area contributed by atoms with Gasteiger partial charge in [0.05, 0.1) is 4.47 Å². The lowest BCUT2D eigenvalue weighted by Crippen LogP contribution is -2.27. The lowest BCUT2D eigenvalue weighted by Gasteiger charge is -2.18. The highest BCUT2D eigenvalue weighted by Crippen LogP contribution is 2.31. The van der Waals surface area contributed by atoms with E-state index in [2.05, 4.69) is 26.1 Å². The molecule has 1 heterocycles. The summed E-state index contributed by atoms with van der Waals surface area (Å²) in [5.74, 6) is -0.194. The van der Waals surface area contributed by atoms with Crippen molar-refractivity contribution in [2.24, 2.45) is 0 Å². The molecule has 4 heteroatoms. The van der Waals surface area contributed by atoms with Crippen LogP contribution in [0.4, 0.5) is 10.1 Å². The Kier molecular flexibility index (Phi) is 3.32. The summed E-state index contributed by atoms with van der Waals surface area (Å²) in [5, 5.41) is 3.49. The van der Waals surface area contributed by atoms with Crippen molar-refractivity contribution < 1.29 is 4.39 Å². The largest absolute Gasteiger partial charge is 0.381 e. The first-order chi connectivity index (χ1) is 8.63. The minimum absolute atomic E-state index is 0.194.